The molecular formula is C77H100N17O15S+. The van der Waals surface area contributed by atoms with Crippen molar-refractivity contribution in [3.8, 4) is 11.1 Å². The Labute approximate surface area is 641 Å². The Morgan fingerprint density at radius 1 is 0.809 bits per heavy atom. The highest BCUT2D eigenvalue weighted by Crippen LogP contribution is 2.72. The molecule has 4 atom stereocenters. The fourth-order valence-electron chi connectivity index (χ4n) is 17.7. The summed E-state index contributed by atoms with van der Waals surface area (Å²) >= 11 is 1.54. The van der Waals surface area contributed by atoms with Crippen molar-refractivity contribution in [2.75, 3.05) is 102 Å². The van der Waals surface area contributed by atoms with E-state index in [9.17, 15) is 63.3 Å². The van der Waals surface area contributed by atoms with E-state index in [1.807, 2.05) is 65.9 Å². The third-order valence-corrected chi connectivity index (χ3v) is 22.5. The average molecular weight is 1540 g/mol. The first-order valence-electron chi connectivity index (χ1n) is 37.2. The SMILES string of the molecule is Cc1c(Nc2nc3ccccc3s2)nnc2c1CCCN2c1ccc(-c2cnn(CC34CC5(C)CC(C)(C3)CC(OCC[N+](C)(C)Cc3ccc(NC(=O)[C@H](CCCNC(N)=O)NC(=O)[C@@H](NC(=O)CCOCCN6C(=O)C=CC6=O)C(C)C)cc3CN(C)C(=O)CN(CC(=O)O)CC(=O)O)(C5)C4)c2C)c(C(=O)O)n1. The Morgan fingerprint density at radius 2 is 1.53 bits per heavy atom. The number of carbonyl (C=O) groups excluding carboxylic acids is 7. The van der Waals surface area contributed by atoms with Crippen molar-refractivity contribution >= 4 is 109 Å². The number of anilines is 5. The molecule has 2 aromatic carbocycles. The molecule has 10 N–H and O–H groups in total. The molecular weight excluding hydrogens is 1440 g/mol. The van der Waals surface area contributed by atoms with Crippen molar-refractivity contribution in [3.05, 3.63) is 107 Å². The van der Waals surface area contributed by atoms with Gasteiger partial charge in [0.25, 0.3) is 11.8 Å². The number of aromatic nitrogens is 6. The predicted molar refractivity (Wildman–Crippen MR) is 408 cm³/mol. The second-order valence-corrected chi connectivity index (χ2v) is 33.0. The number of nitrogens with one attached hydrogen (secondary N) is 5. The maximum absolute atomic E-state index is 14.5. The molecule has 110 heavy (non-hydrogen) atoms. The maximum Gasteiger partial charge on any atom is 0.355 e. The zero-order valence-corrected chi connectivity index (χ0v) is 64.6. The van der Waals surface area contributed by atoms with Crippen molar-refractivity contribution in [2.24, 2.45) is 27.9 Å². The van der Waals surface area contributed by atoms with E-state index in [0.717, 1.165) is 106 Å². The number of pyridine rings is 1. The number of hydrogen-bond donors (Lipinski definition) is 9. The molecule has 33 heteroatoms. The standard InChI is InChI=1S/C77H99N17O15S/c1-46(2)65(85-59(95)24-29-108-30-27-92-60(96)22-23-61(92)97)70(104)82-56(16-12-25-79-72(78)107)69(103)81-51-19-18-49(50(32-51)34-89(7)62(98)35-90(36-63(99)100)37-64(101)102)38-94(8,9)28-31-109-77-42-74(5)39-75(6,43-77)41-76(40-74,44-77)45-93-48(4)54(33-80-93)53-20-21-58(84-66(53)71(105)106)91-26-13-14-52-47(3)67(87-88-68(52)91)86-73-83-55-15-10-11-17-57(55)110-73/h10-11,15,17-23,32-33,46,56,65H,12-14,16,24-31,34-45H2,1-9H3,(H9-,78,79,81,82,83,85,86,87,95,99,100,101,102,103,104,105,106,107)/p+1/t56-,65-,74?,75?,76?,77?/m0/s1. The quantitative estimate of drug-likeness (QED) is 0.0112. The van der Waals surface area contributed by atoms with E-state index in [1.165, 1.54) is 23.3 Å². The lowest BCUT2D eigenvalue weighted by Gasteiger charge is -2.69. The van der Waals surface area contributed by atoms with Gasteiger partial charge in [-0.25, -0.2) is 19.6 Å². The molecule has 588 valence electrons. The smallest absolute Gasteiger partial charge is 0.355 e. The number of aromatic carboxylic acids is 1. The molecule has 4 aliphatic carbocycles. The first-order chi connectivity index (χ1) is 52.1. The number of fused-ring (bicyclic) bond motifs is 2. The number of nitrogens with two attached hydrogens (primary N) is 1. The summed E-state index contributed by atoms with van der Waals surface area (Å²) in [5.74, 6) is -5.92. The number of urea groups is 1. The molecule has 2 unspecified atom stereocenters. The lowest BCUT2D eigenvalue weighted by molar-refractivity contribution is -0.904. The third-order valence-electron chi connectivity index (χ3n) is 21.6. The van der Waals surface area contributed by atoms with E-state index >= 15 is 0 Å². The second kappa shape index (κ2) is 33.5. The summed E-state index contributed by atoms with van der Waals surface area (Å²) in [5, 5.41) is 59.4. The number of imide groups is 1. The number of nitrogens with zero attached hydrogens (tertiary/aromatic N) is 11. The van der Waals surface area contributed by atoms with Crippen LogP contribution in [0.25, 0.3) is 21.3 Å². The van der Waals surface area contributed by atoms with Gasteiger partial charge in [-0.15, -0.1) is 10.2 Å². The summed E-state index contributed by atoms with van der Waals surface area (Å²) in [7, 11) is 5.65. The second-order valence-electron chi connectivity index (χ2n) is 32.0. The molecule has 32 nitrogen and oxygen atoms in total. The van der Waals surface area contributed by atoms with E-state index in [4.69, 9.17) is 35.4 Å². The number of benzene rings is 2. The van der Waals surface area contributed by atoms with Crippen molar-refractivity contribution in [1.82, 2.24) is 60.6 Å². The topological polar surface area (TPSA) is 418 Å². The third kappa shape index (κ3) is 19.4. The summed E-state index contributed by atoms with van der Waals surface area (Å²) in [4.78, 5) is 143. The van der Waals surface area contributed by atoms with Crippen LogP contribution in [0.15, 0.2) is 72.9 Å². The van der Waals surface area contributed by atoms with Crippen LogP contribution in [0, 0.1) is 36.0 Å². The van der Waals surface area contributed by atoms with Crippen LogP contribution in [-0.2, 0) is 73.9 Å². The number of thiazole rings is 1. The van der Waals surface area contributed by atoms with Crippen LogP contribution in [0.3, 0.4) is 0 Å². The minimum Gasteiger partial charge on any atom is -0.480 e. The average Bonchev–Trinajstić information content (AvgIpc) is 0.781. The number of carbonyl (C=O) groups is 10. The van der Waals surface area contributed by atoms with E-state index in [-0.39, 0.29) is 79.7 Å². The van der Waals surface area contributed by atoms with Crippen LogP contribution in [0.2, 0.25) is 0 Å². The molecule has 4 fully saturated rings. The lowest BCUT2D eigenvalue weighted by atomic mass is 9.39. The Morgan fingerprint density at radius 3 is 2.21 bits per heavy atom. The number of rotatable bonds is 37. The number of aliphatic carboxylic acids is 2. The van der Waals surface area contributed by atoms with Gasteiger partial charge in [0.15, 0.2) is 22.5 Å². The molecule has 6 heterocycles. The van der Waals surface area contributed by atoms with E-state index in [0.29, 0.717) is 76.5 Å². The van der Waals surface area contributed by atoms with Gasteiger partial charge in [-0.05, 0) is 142 Å². The predicted octanol–water partition coefficient (Wildman–Crippen LogP) is 6.67. The molecule has 0 radical (unpaired) electrons. The largest absolute Gasteiger partial charge is 0.480 e. The molecule has 0 spiro atoms. The number of para-hydroxylation sites is 1. The van der Waals surface area contributed by atoms with Crippen molar-refractivity contribution in [3.63, 3.8) is 0 Å². The number of carboxylic acids is 3. The minimum absolute atomic E-state index is 0.00666. The van der Waals surface area contributed by atoms with E-state index in [1.54, 1.807) is 32.2 Å². The minimum atomic E-state index is -1.32. The number of amides is 8. The highest BCUT2D eigenvalue weighted by molar-refractivity contribution is 7.22. The Bertz CT molecular complexity index is 4490. The number of carboxylic acid groups (broad SMARTS) is 3. The zero-order valence-electron chi connectivity index (χ0n) is 63.8. The van der Waals surface area contributed by atoms with Crippen LogP contribution in [-0.4, -0.2) is 228 Å². The molecule has 12 rings (SSSR count). The molecule has 2 aliphatic heterocycles. The van der Waals surface area contributed by atoms with Crippen molar-refractivity contribution in [1.29, 1.82) is 0 Å². The van der Waals surface area contributed by atoms with Gasteiger partial charge >= 0.3 is 23.9 Å². The fraction of sp³-hybridized carbons (Fsp3) is 0.519. The summed E-state index contributed by atoms with van der Waals surface area (Å²) in [6.07, 6.45) is 11.2. The molecule has 4 aromatic heterocycles. The van der Waals surface area contributed by atoms with E-state index < -0.39 is 103 Å². The van der Waals surface area contributed by atoms with Crippen LogP contribution in [0.5, 0.6) is 0 Å². The molecule has 6 aliphatic rings. The van der Waals surface area contributed by atoms with Gasteiger partial charge in [0, 0.05) is 91.0 Å². The van der Waals surface area contributed by atoms with Crippen molar-refractivity contribution < 1.29 is 77.2 Å². The highest BCUT2D eigenvalue weighted by Gasteiger charge is 2.66. The number of ether oxygens (including phenoxy) is 2. The van der Waals surface area contributed by atoms with Gasteiger partial charge in [0.05, 0.1) is 82.1 Å². The maximum atomic E-state index is 14.5. The van der Waals surface area contributed by atoms with E-state index in [2.05, 4.69) is 59.6 Å². The van der Waals surface area contributed by atoms with Gasteiger partial charge in [0.1, 0.15) is 31.0 Å². The summed E-state index contributed by atoms with van der Waals surface area (Å²) < 4.78 is 16.3. The number of primary amides is 1. The first-order valence-corrected chi connectivity index (χ1v) is 38.0. The summed E-state index contributed by atoms with van der Waals surface area (Å²) in [5.41, 5.74) is 11.0. The monoisotopic (exact) mass is 1530 g/mol. The molecule has 8 amide bonds. The number of likely N-dealkylation sites (N-methyl/N-ethyl adjacent to an activating group) is 2. The first kappa shape index (κ1) is 80.7. The van der Waals surface area contributed by atoms with Crippen LogP contribution in [0.1, 0.15) is 130 Å². The zero-order chi connectivity index (χ0) is 79.2. The highest BCUT2D eigenvalue weighted by atomic mass is 32.1. The normalized spacial score (nSPS) is 20.4. The number of hydrogen-bond acceptors (Lipinski definition) is 21. The fourth-order valence-corrected chi connectivity index (χ4v) is 18.5. The van der Waals surface area contributed by atoms with Crippen LogP contribution in [0.4, 0.5) is 33.1 Å². The van der Waals surface area contributed by atoms with Gasteiger partial charge < -0.3 is 71.4 Å². The molecule has 4 bridgehead atoms. The Kier molecular flexibility index (Phi) is 24.5. The van der Waals surface area contributed by atoms with Crippen LogP contribution >= 0.6 is 11.3 Å². The van der Waals surface area contributed by atoms with Crippen LogP contribution < -0.4 is 37.2 Å². The van der Waals surface area contributed by atoms with Crippen molar-refractivity contribution in [2.45, 2.75) is 149 Å². The van der Waals surface area contributed by atoms with Gasteiger partial charge in [-0.1, -0.05) is 57.2 Å². The summed E-state index contributed by atoms with van der Waals surface area (Å²) in [6.45, 7) is 12.7. The lowest BCUT2D eigenvalue weighted by Crippen LogP contribution is -2.64. The molecule has 6 aromatic rings. The van der Waals surface area contributed by atoms with Gasteiger partial charge in [-0.2, -0.15) is 5.10 Å². The Hall–Kier alpha value is -10.3. The number of quaternary nitrogens is 1. The molecule has 4 saturated carbocycles. The Balaban J connectivity index is 0.772. The van der Waals surface area contributed by atoms with Gasteiger partial charge in [0.2, 0.25) is 23.6 Å². The summed E-state index contributed by atoms with van der Waals surface area (Å²) in [6, 6.07) is 13.7. The molecule has 0 saturated heterocycles. The van der Waals surface area contributed by atoms with Gasteiger partial charge in [-0.3, -0.25) is 52.8 Å².